The van der Waals surface area contributed by atoms with E-state index in [9.17, 15) is 0 Å². The first-order valence-electron chi connectivity index (χ1n) is 6.49. The zero-order chi connectivity index (χ0) is 13.1. The maximum atomic E-state index is 6.10. The van der Waals surface area contributed by atoms with E-state index in [-0.39, 0.29) is 0 Å². The summed E-state index contributed by atoms with van der Waals surface area (Å²) < 4.78 is 4.16. The van der Waals surface area contributed by atoms with Gasteiger partial charge in [-0.2, -0.15) is 5.10 Å². The average Bonchev–Trinajstić information content (AvgIpc) is 2.90. The molecule has 0 bridgehead atoms. The van der Waals surface area contributed by atoms with Crippen molar-refractivity contribution in [3.63, 3.8) is 0 Å². The van der Waals surface area contributed by atoms with Crippen LogP contribution in [0.15, 0.2) is 12.4 Å². The van der Waals surface area contributed by atoms with Crippen LogP contribution in [0, 0.1) is 6.92 Å². The summed E-state index contributed by atoms with van der Waals surface area (Å²) in [4.78, 5) is 4.22. The van der Waals surface area contributed by atoms with Crippen LogP contribution in [-0.2, 0) is 25.9 Å². The molecule has 2 aromatic heterocycles. The minimum absolute atomic E-state index is 0.838. The number of nitrogens with zero attached hydrogens (tertiary/aromatic N) is 4. The number of nitrogen functional groups attached to an aromatic ring is 1. The molecule has 5 heteroatoms. The molecule has 0 unspecified atom stereocenters. The fourth-order valence-electron chi connectivity index (χ4n) is 2.23. The summed E-state index contributed by atoms with van der Waals surface area (Å²) in [6, 6.07) is 0. The van der Waals surface area contributed by atoms with E-state index in [2.05, 4.69) is 28.5 Å². The molecule has 0 spiro atoms. The van der Waals surface area contributed by atoms with Gasteiger partial charge in [0.05, 0.1) is 23.6 Å². The molecule has 0 amide bonds. The highest BCUT2D eigenvalue weighted by molar-refractivity contribution is 5.48. The lowest BCUT2D eigenvalue weighted by molar-refractivity contribution is 0.508. The van der Waals surface area contributed by atoms with Gasteiger partial charge in [-0.25, -0.2) is 4.98 Å². The van der Waals surface area contributed by atoms with Crippen LogP contribution in [0.25, 0.3) is 0 Å². The van der Waals surface area contributed by atoms with Crippen molar-refractivity contribution in [2.45, 2.75) is 46.7 Å². The molecule has 0 fully saturated rings. The molecule has 18 heavy (non-hydrogen) atoms. The van der Waals surface area contributed by atoms with Crippen molar-refractivity contribution in [3.8, 4) is 0 Å². The number of aromatic nitrogens is 4. The van der Waals surface area contributed by atoms with Gasteiger partial charge in [-0.3, -0.25) is 4.68 Å². The molecule has 0 saturated carbocycles. The topological polar surface area (TPSA) is 61.7 Å². The Morgan fingerprint density at radius 2 is 2.00 bits per heavy atom. The fraction of sp³-hybridized carbons (Fsp3) is 0.538. The predicted octanol–water partition coefficient (Wildman–Crippen LogP) is 1.80. The lowest BCUT2D eigenvalue weighted by Gasteiger charge is -2.08. The lowest BCUT2D eigenvalue weighted by Crippen LogP contribution is -2.12. The molecule has 0 radical (unpaired) electrons. The Morgan fingerprint density at radius 3 is 2.56 bits per heavy atom. The van der Waals surface area contributed by atoms with Crippen LogP contribution in [0.5, 0.6) is 0 Å². The molecule has 98 valence electrons. The second-order valence-electron chi connectivity index (χ2n) is 4.41. The summed E-state index contributed by atoms with van der Waals surface area (Å²) in [7, 11) is 0. The molecule has 2 aromatic rings. The summed E-state index contributed by atoms with van der Waals surface area (Å²) in [6.45, 7) is 7.93. The largest absolute Gasteiger partial charge is 0.396 e. The molecule has 0 aliphatic heterocycles. The minimum Gasteiger partial charge on any atom is -0.396 e. The van der Waals surface area contributed by atoms with Gasteiger partial charge in [0.25, 0.3) is 0 Å². The van der Waals surface area contributed by atoms with Crippen molar-refractivity contribution in [2.75, 3.05) is 5.73 Å². The van der Waals surface area contributed by atoms with Crippen LogP contribution >= 0.6 is 0 Å². The van der Waals surface area contributed by atoms with Crippen LogP contribution in [-0.4, -0.2) is 19.3 Å². The van der Waals surface area contributed by atoms with E-state index < -0.39 is 0 Å². The highest BCUT2D eigenvalue weighted by Crippen LogP contribution is 2.18. The highest BCUT2D eigenvalue weighted by atomic mass is 15.3. The second-order valence-corrected chi connectivity index (χ2v) is 4.41. The smallest absolute Gasteiger partial charge is 0.105 e. The maximum absolute atomic E-state index is 6.10. The van der Waals surface area contributed by atoms with Gasteiger partial charge in [0.2, 0.25) is 0 Å². The quantitative estimate of drug-likeness (QED) is 0.876. The van der Waals surface area contributed by atoms with Crippen molar-refractivity contribution >= 4 is 5.69 Å². The van der Waals surface area contributed by atoms with Crippen molar-refractivity contribution in [1.29, 1.82) is 0 Å². The summed E-state index contributed by atoms with van der Waals surface area (Å²) in [5.74, 6) is 1.03. The molecule has 0 aliphatic carbocycles. The van der Waals surface area contributed by atoms with Crippen LogP contribution in [0.2, 0.25) is 0 Å². The number of hydrogen-bond donors (Lipinski definition) is 1. The Morgan fingerprint density at radius 1 is 1.22 bits per heavy atom. The molecule has 2 N–H and O–H groups in total. The Labute approximate surface area is 108 Å². The number of anilines is 1. The fourth-order valence-corrected chi connectivity index (χ4v) is 2.23. The third-order valence-corrected chi connectivity index (χ3v) is 3.32. The van der Waals surface area contributed by atoms with Gasteiger partial charge in [0.1, 0.15) is 5.82 Å². The summed E-state index contributed by atoms with van der Waals surface area (Å²) >= 11 is 0. The van der Waals surface area contributed by atoms with Gasteiger partial charge in [-0.05, 0) is 19.8 Å². The SMILES string of the molecule is CCc1nn(CCn2ccnc2C)c(CC)c1N. The minimum atomic E-state index is 0.838. The van der Waals surface area contributed by atoms with Crippen molar-refractivity contribution in [1.82, 2.24) is 19.3 Å². The van der Waals surface area contributed by atoms with Crippen LogP contribution in [0.3, 0.4) is 0 Å². The number of imidazole rings is 1. The van der Waals surface area contributed by atoms with E-state index >= 15 is 0 Å². The standard InChI is InChI=1S/C13H21N5/c1-4-11-13(14)12(5-2)18(16-11)9-8-17-7-6-15-10(17)3/h6-7H,4-5,8-9,14H2,1-3H3. The number of rotatable bonds is 5. The number of nitrogens with two attached hydrogens (primary N) is 1. The average molecular weight is 247 g/mol. The number of aryl methyl sites for hydroxylation is 4. The zero-order valence-electron chi connectivity index (χ0n) is 11.3. The highest BCUT2D eigenvalue weighted by Gasteiger charge is 2.12. The van der Waals surface area contributed by atoms with Gasteiger partial charge in [0, 0.05) is 18.9 Å². The van der Waals surface area contributed by atoms with Gasteiger partial charge in [-0.15, -0.1) is 0 Å². The summed E-state index contributed by atoms with van der Waals surface area (Å²) in [5.41, 5.74) is 9.12. The van der Waals surface area contributed by atoms with Crippen molar-refractivity contribution in [3.05, 3.63) is 29.6 Å². The second kappa shape index (κ2) is 5.25. The molecule has 0 atom stereocenters. The van der Waals surface area contributed by atoms with E-state index in [1.54, 1.807) is 0 Å². The molecule has 0 aromatic carbocycles. The summed E-state index contributed by atoms with van der Waals surface area (Å²) in [6.07, 6.45) is 5.62. The predicted molar refractivity (Wildman–Crippen MR) is 72.4 cm³/mol. The Kier molecular flexibility index (Phi) is 3.69. The Hall–Kier alpha value is -1.78. The van der Waals surface area contributed by atoms with E-state index in [0.29, 0.717) is 0 Å². The molecule has 2 heterocycles. The van der Waals surface area contributed by atoms with Gasteiger partial charge >= 0.3 is 0 Å². The van der Waals surface area contributed by atoms with Crippen molar-refractivity contribution in [2.24, 2.45) is 0 Å². The Bertz CT molecular complexity index is 523. The lowest BCUT2D eigenvalue weighted by atomic mass is 10.2. The molecule has 5 nitrogen and oxygen atoms in total. The van der Waals surface area contributed by atoms with E-state index in [0.717, 1.165) is 48.8 Å². The van der Waals surface area contributed by atoms with Crippen LogP contribution in [0.4, 0.5) is 5.69 Å². The van der Waals surface area contributed by atoms with Gasteiger partial charge in [0.15, 0.2) is 0 Å². The van der Waals surface area contributed by atoms with Crippen LogP contribution in [0.1, 0.15) is 31.1 Å². The normalized spacial score (nSPS) is 11.1. The van der Waals surface area contributed by atoms with Gasteiger partial charge < -0.3 is 10.3 Å². The van der Waals surface area contributed by atoms with E-state index in [1.165, 1.54) is 0 Å². The van der Waals surface area contributed by atoms with E-state index in [1.807, 2.05) is 24.0 Å². The monoisotopic (exact) mass is 247 g/mol. The third-order valence-electron chi connectivity index (χ3n) is 3.32. The molecule has 0 saturated heterocycles. The zero-order valence-corrected chi connectivity index (χ0v) is 11.3. The first-order chi connectivity index (χ1) is 8.67. The molecular formula is C13H21N5. The summed E-state index contributed by atoms with van der Waals surface area (Å²) in [5, 5.41) is 4.59. The van der Waals surface area contributed by atoms with Crippen LogP contribution < -0.4 is 5.73 Å². The van der Waals surface area contributed by atoms with Gasteiger partial charge in [-0.1, -0.05) is 13.8 Å². The van der Waals surface area contributed by atoms with Crippen molar-refractivity contribution < 1.29 is 0 Å². The first-order valence-corrected chi connectivity index (χ1v) is 6.49. The third kappa shape index (κ3) is 2.25. The molecule has 2 rings (SSSR count). The number of hydrogen-bond acceptors (Lipinski definition) is 3. The maximum Gasteiger partial charge on any atom is 0.105 e. The molecule has 0 aliphatic rings. The first kappa shape index (κ1) is 12.7. The Balaban J connectivity index is 2.16. The molecular weight excluding hydrogens is 226 g/mol. The van der Waals surface area contributed by atoms with E-state index in [4.69, 9.17) is 5.73 Å².